The van der Waals surface area contributed by atoms with Crippen LogP contribution in [0.4, 0.5) is 17.3 Å². The lowest BCUT2D eigenvalue weighted by molar-refractivity contribution is 0.122. The summed E-state index contributed by atoms with van der Waals surface area (Å²) in [7, 11) is 1.54. The van der Waals surface area contributed by atoms with Gasteiger partial charge in [-0.05, 0) is 42.0 Å². The van der Waals surface area contributed by atoms with Gasteiger partial charge in [-0.3, -0.25) is 0 Å². The Balaban J connectivity index is 1.40. The van der Waals surface area contributed by atoms with Crippen LogP contribution in [-0.2, 0) is 4.74 Å². The molecule has 8 heteroatoms. The highest BCUT2D eigenvalue weighted by Crippen LogP contribution is 2.37. The van der Waals surface area contributed by atoms with Crippen LogP contribution in [0.25, 0.3) is 21.3 Å². The number of hydrogen-bond acceptors (Lipinski definition) is 8. The minimum absolute atomic E-state index is 0.114. The van der Waals surface area contributed by atoms with Crippen LogP contribution in [0.5, 0.6) is 11.5 Å². The van der Waals surface area contributed by atoms with Crippen molar-refractivity contribution in [1.29, 1.82) is 0 Å². The lowest BCUT2D eigenvalue weighted by Gasteiger charge is -2.28. The molecule has 0 amide bonds. The zero-order valence-electron chi connectivity index (χ0n) is 17.0. The first-order chi connectivity index (χ1) is 15.2. The largest absolute Gasteiger partial charge is 0.504 e. The Morgan fingerprint density at radius 1 is 1.13 bits per heavy atom. The monoisotopic (exact) mass is 434 g/mol. The summed E-state index contributed by atoms with van der Waals surface area (Å²) in [6.45, 7) is 3.36. The number of fused-ring (bicyclic) bond motifs is 1. The lowest BCUT2D eigenvalue weighted by Crippen LogP contribution is -2.36. The van der Waals surface area contributed by atoms with Crippen molar-refractivity contribution < 1.29 is 14.6 Å². The Labute approximate surface area is 183 Å². The molecule has 1 aliphatic rings. The first-order valence-electron chi connectivity index (χ1n) is 10.0. The zero-order chi connectivity index (χ0) is 21.2. The number of methoxy groups -OCH3 is 1. The third-order valence-electron chi connectivity index (χ3n) is 5.30. The number of phenols is 1. The predicted octanol–water partition coefficient (Wildman–Crippen LogP) is 4.65. The van der Waals surface area contributed by atoms with Gasteiger partial charge in [-0.2, -0.15) is 0 Å². The Bertz CT molecular complexity index is 1200. The number of ether oxygens (including phenoxy) is 2. The maximum atomic E-state index is 9.89. The predicted molar refractivity (Wildman–Crippen MR) is 124 cm³/mol. The van der Waals surface area contributed by atoms with E-state index in [1.54, 1.807) is 24.5 Å². The van der Waals surface area contributed by atoms with Gasteiger partial charge in [-0.1, -0.05) is 6.07 Å². The number of rotatable bonds is 5. The fraction of sp³-hybridized carbons (Fsp3) is 0.217. The third-order valence-corrected chi connectivity index (χ3v) is 6.21. The molecule has 0 radical (unpaired) electrons. The van der Waals surface area contributed by atoms with Gasteiger partial charge in [0.25, 0.3) is 0 Å². The molecule has 3 heterocycles. The van der Waals surface area contributed by atoms with Gasteiger partial charge in [-0.25, -0.2) is 9.97 Å². The quantitative estimate of drug-likeness (QED) is 0.473. The minimum atomic E-state index is 0.114. The van der Waals surface area contributed by atoms with Gasteiger partial charge in [-0.15, -0.1) is 11.3 Å². The SMILES string of the molecule is COc1cc(-c2csc3cnc(Nc4ccc(N5CCOCC5)cc4)nc23)ccc1O. The number of benzene rings is 2. The Hall–Kier alpha value is -3.36. The molecule has 0 bridgehead atoms. The molecule has 0 unspecified atom stereocenters. The van der Waals surface area contributed by atoms with Crippen molar-refractivity contribution in [3.05, 3.63) is 54.0 Å². The molecule has 158 valence electrons. The second kappa shape index (κ2) is 8.41. The van der Waals surface area contributed by atoms with Crippen LogP contribution < -0.4 is 15.0 Å². The summed E-state index contributed by atoms with van der Waals surface area (Å²) < 4.78 is 11.7. The third kappa shape index (κ3) is 3.99. The number of anilines is 3. The summed E-state index contributed by atoms with van der Waals surface area (Å²) in [5.74, 6) is 1.09. The molecule has 1 saturated heterocycles. The summed E-state index contributed by atoms with van der Waals surface area (Å²) in [6, 6.07) is 13.6. The van der Waals surface area contributed by atoms with E-state index in [0.29, 0.717) is 11.7 Å². The van der Waals surface area contributed by atoms with Gasteiger partial charge in [0.2, 0.25) is 5.95 Å². The standard InChI is InChI=1S/C23H22N4O3S/c1-29-20-12-15(2-7-19(20)28)18-14-31-21-13-24-23(26-22(18)21)25-16-3-5-17(6-4-16)27-8-10-30-11-9-27/h2-7,12-14,28H,8-11H2,1H3,(H,24,25,26). The van der Waals surface area contributed by atoms with Crippen LogP contribution in [0.1, 0.15) is 0 Å². The van der Waals surface area contributed by atoms with E-state index >= 15 is 0 Å². The zero-order valence-corrected chi connectivity index (χ0v) is 17.9. The second-order valence-electron chi connectivity index (χ2n) is 7.21. The molecule has 2 N–H and O–H groups in total. The molecule has 0 saturated carbocycles. The van der Waals surface area contributed by atoms with E-state index in [2.05, 4.69) is 27.3 Å². The van der Waals surface area contributed by atoms with E-state index in [4.69, 9.17) is 14.5 Å². The Morgan fingerprint density at radius 3 is 2.71 bits per heavy atom. The maximum absolute atomic E-state index is 9.89. The van der Waals surface area contributed by atoms with Crippen LogP contribution in [0, 0.1) is 0 Å². The van der Waals surface area contributed by atoms with E-state index in [-0.39, 0.29) is 5.75 Å². The van der Waals surface area contributed by atoms with Crippen LogP contribution in [0.2, 0.25) is 0 Å². The summed E-state index contributed by atoms with van der Waals surface area (Å²) in [6.07, 6.45) is 1.83. The van der Waals surface area contributed by atoms with E-state index in [0.717, 1.165) is 53.3 Å². The molecule has 2 aromatic carbocycles. The number of hydrogen-bond donors (Lipinski definition) is 2. The number of aromatic hydroxyl groups is 1. The number of thiophene rings is 1. The van der Waals surface area contributed by atoms with Crippen molar-refractivity contribution in [2.45, 2.75) is 0 Å². The number of aromatic nitrogens is 2. The average Bonchev–Trinajstić information content (AvgIpc) is 3.24. The molecule has 1 fully saturated rings. The first kappa shape index (κ1) is 19.6. The summed E-state index contributed by atoms with van der Waals surface area (Å²) in [5.41, 5.74) is 4.89. The summed E-state index contributed by atoms with van der Waals surface area (Å²) in [4.78, 5) is 11.5. The fourth-order valence-electron chi connectivity index (χ4n) is 3.64. The fourth-order valence-corrected chi connectivity index (χ4v) is 4.52. The molecule has 5 rings (SSSR count). The minimum Gasteiger partial charge on any atom is -0.504 e. The number of morpholine rings is 1. The van der Waals surface area contributed by atoms with E-state index in [1.807, 2.05) is 35.8 Å². The number of nitrogens with one attached hydrogen (secondary N) is 1. The van der Waals surface area contributed by atoms with Crippen LogP contribution >= 0.6 is 11.3 Å². The molecular weight excluding hydrogens is 412 g/mol. The molecule has 1 aliphatic heterocycles. The molecule has 0 atom stereocenters. The average molecular weight is 435 g/mol. The van der Waals surface area contributed by atoms with E-state index in [1.165, 1.54) is 5.69 Å². The smallest absolute Gasteiger partial charge is 0.227 e. The number of phenolic OH excluding ortho intramolecular Hbond substituents is 1. The van der Waals surface area contributed by atoms with Gasteiger partial charge in [0, 0.05) is 35.4 Å². The topological polar surface area (TPSA) is 79.7 Å². The number of nitrogens with zero attached hydrogens (tertiary/aromatic N) is 3. The summed E-state index contributed by atoms with van der Waals surface area (Å²) >= 11 is 1.59. The summed E-state index contributed by atoms with van der Waals surface area (Å²) in [5, 5.41) is 15.2. The van der Waals surface area contributed by atoms with Crippen molar-refractivity contribution in [3.8, 4) is 22.6 Å². The molecule has 31 heavy (non-hydrogen) atoms. The van der Waals surface area contributed by atoms with Crippen molar-refractivity contribution in [1.82, 2.24) is 9.97 Å². The molecule has 4 aromatic rings. The van der Waals surface area contributed by atoms with Gasteiger partial charge < -0.3 is 24.8 Å². The van der Waals surface area contributed by atoms with Gasteiger partial charge in [0.1, 0.15) is 0 Å². The maximum Gasteiger partial charge on any atom is 0.227 e. The van der Waals surface area contributed by atoms with Gasteiger partial charge in [0.05, 0.1) is 36.7 Å². The van der Waals surface area contributed by atoms with Crippen molar-refractivity contribution in [2.24, 2.45) is 0 Å². The van der Waals surface area contributed by atoms with Crippen LogP contribution in [-0.4, -0.2) is 48.5 Å². The van der Waals surface area contributed by atoms with Crippen LogP contribution in [0.15, 0.2) is 54.0 Å². The Kier molecular flexibility index (Phi) is 5.31. The van der Waals surface area contributed by atoms with Crippen molar-refractivity contribution >= 4 is 38.9 Å². The normalized spacial score (nSPS) is 14.0. The highest BCUT2D eigenvalue weighted by atomic mass is 32.1. The van der Waals surface area contributed by atoms with Gasteiger partial charge >= 0.3 is 0 Å². The van der Waals surface area contributed by atoms with E-state index in [9.17, 15) is 5.11 Å². The van der Waals surface area contributed by atoms with E-state index < -0.39 is 0 Å². The van der Waals surface area contributed by atoms with Crippen molar-refractivity contribution in [3.63, 3.8) is 0 Å². The first-order valence-corrected chi connectivity index (χ1v) is 10.9. The molecule has 0 spiro atoms. The highest BCUT2D eigenvalue weighted by molar-refractivity contribution is 7.17. The lowest BCUT2D eigenvalue weighted by atomic mass is 10.1. The van der Waals surface area contributed by atoms with Gasteiger partial charge in [0.15, 0.2) is 11.5 Å². The second-order valence-corrected chi connectivity index (χ2v) is 8.12. The van der Waals surface area contributed by atoms with Crippen LogP contribution in [0.3, 0.4) is 0 Å². The highest BCUT2D eigenvalue weighted by Gasteiger charge is 2.13. The van der Waals surface area contributed by atoms with Crippen molar-refractivity contribution in [2.75, 3.05) is 43.6 Å². The molecule has 2 aromatic heterocycles. The molecule has 0 aliphatic carbocycles. The molecule has 7 nitrogen and oxygen atoms in total. The molecular formula is C23H22N4O3S. The Morgan fingerprint density at radius 2 is 1.94 bits per heavy atom.